The molecular formula is C12H16FNO. The van der Waals surface area contributed by atoms with Crippen LogP contribution in [0.1, 0.15) is 36.7 Å². The van der Waals surface area contributed by atoms with Gasteiger partial charge in [-0.3, -0.25) is 4.79 Å². The van der Waals surface area contributed by atoms with Gasteiger partial charge in [0, 0.05) is 12.6 Å². The van der Waals surface area contributed by atoms with E-state index in [-0.39, 0.29) is 17.1 Å². The third-order valence-corrected chi connectivity index (χ3v) is 2.26. The number of amides is 1. The molecule has 0 radical (unpaired) electrons. The molecule has 2 nitrogen and oxygen atoms in total. The first kappa shape index (κ1) is 11.7. The maximum Gasteiger partial charge on any atom is 0.251 e. The van der Waals surface area contributed by atoms with E-state index < -0.39 is 0 Å². The van der Waals surface area contributed by atoms with Crippen molar-refractivity contribution in [2.24, 2.45) is 0 Å². The van der Waals surface area contributed by atoms with E-state index in [9.17, 15) is 9.18 Å². The van der Waals surface area contributed by atoms with E-state index in [0.717, 1.165) is 0 Å². The second kappa shape index (κ2) is 4.01. The Labute approximate surface area is 89.5 Å². The van der Waals surface area contributed by atoms with Crippen LogP contribution in [0.25, 0.3) is 0 Å². The van der Waals surface area contributed by atoms with Crippen LogP contribution in [-0.2, 0) is 5.41 Å². The lowest BCUT2D eigenvalue weighted by molar-refractivity contribution is 0.0963. The monoisotopic (exact) mass is 209 g/mol. The summed E-state index contributed by atoms with van der Waals surface area (Å²) in [6.45, 7) is 5.75. The quantitative estimate of drug-likeness (QED) is 0.756. The first-order valence-electron chi connectivity index (χ1n) is 4.88. The Morgan fingerprint density at radius 3 is 2.40 bits per heavy atom. The Balaban J connectivity index is 3.23. The SMILES string of the molecule is CNC(=O)c1ccc(F)c(C(C)(C)C)c1. The minimum atomic E-state index is -0.298. The fourth-order valence-corrected chi connectivity index (χ4v) is 1.39. The topological polar surface area (TPSA) is 29.1 Å². The molecule has 0 fully saturated rings. The molecule has 0 aliphatic carbocycles. The molecule has 82 valence electrons. The number of carbonyl (C=O) groups excluding carboxylic acids is 1. The lowest BCUT2D eigenvalue weighted by atomic mass is 9.85. The van der Waals surface area contributed by atoms with Crippen molar-refractivity contribution in [2.75, 3.05) is 7.05 Å². The van der Waals surface area contributed by atoms with Crippen LogP contribution >= 0.6 is 0 Å². The maximum atomic E-state index is 13.5. The van der Waals surface area contributed by atoms with E-state index in [1.54, 1.807) is 13.1 Å². The molecule has 0 unspecified atom stereocenters. The molecule has 0 aliphatic heterocycles. The second-order valence-electron chi connectivity index (χ2n) is 4.52. The van der Waals surface area contributed by atoms with Gasteiger partial charge in [0.2, 0.25) is 0 Å². The van der Waals surface area contributed by atoms with Crippen LogP contribution < -0.4 is 5.32 Å². The van der Waals surface area contributed by atoms with Gasteiger partial charge in [0.1, 0.15) is 5.82 Å². The highest BCUT2D eigenvalue weighted by Crippen LogP contribution is 2.25. The first-order valence-corrected chi connectivity index (χ1v) is 4.88. The summed E-state index contributed by atoms with van der Waals surface area (Å²) in [5, 5.41) is 2.52. The summed E-state index contributed by atoms with van der Waals surface area (Å²) >= 11 is 0. The molecule has 1 aromatic carbocycles. The Morgan fingerprint density at radius 1 is 1.33 bits per heavy atom. The number of carbonyl (C=O) groups is 1. The summed E-state index contributed by atoms with van der Waals surface area (Å²) in [4.78, 5) is 11.4. The molecule has 0 heterocycles. The highest BCUT2D eigenvalue weighted by molar-refractivity contribution is 5.94. The van der Waals surface area contributed by atoms with Crippen molar-refractivity contribution in [3.63, 3.8) is 0 Å². The molecule has 0 bridgehead atoms. The van der Waals surface area contributed by atoms with Crippen LogP contribution in [-0.4, -0.2) is 13.0 Å². The second-order valence-corrected chi connectivity index (χ2v) is 4.52. The van der Waals surface area contributed by atoms with E-state index >= 15 is 0 Å². The predicted molar refractivity (Wildman–Crippen MR) is 58.5 cm³/mol. The summed E-state index contributed by atoms with van der Waals surface area (Å²) < 4.78 is 13.5. The van der Waals surface area contributed by atoms with E-state index in [0.29, 0.717) is 11.1 Å². The Kier molecular flexibility index (Phi) is 3.12. The molecule has 1 rings (SSSR count). The van der Waals surface area contributed by atoms with Gasteiger partial charge >= 0.3 is 0 Å². The van der Waals surface area contributed by atoms with Gasteiger partial charge in [-0.2, -0.15) is 0 Å². The zero-order chi connectivity index (χ0) is 11.6. The van der Waals surface area contributed by atoms with Gasteiger partial charge in [-0.05, 0) is 29.2 Å². The molecule has 0 spiro atoms. The number of hydrogen-bond acceptors (Lipinski definition) is 1. The lowest BCUT2D eigenvalue weighted by Crippen LogP contribution is -2.20. The molecule has 1 aromatic rings. The highest BCUT2D eigenvalue weighted by Gasteiger charge is 2.19. The third-order valence-electron chi connectivity index (χ3n) is 2.26. The molecular weight excluding hydrogens is 193 g/mol. The number of hydrogen-bond donors (Lipinski definition) is 1. The molecule has 1 amide bonds. The van der Waals surface area contributed by atoms with E-state index in [1.807, 2.05) is 20.8 Å². The molecule has 0 atom stereocenters. The zero-order valence-corrected chi connectivity index (χ0v) is 9.52. The van der Waals surface area contributed by atoms with Crippen molar-refractivity contribution in [1.82, 2.24) is 5.32 Å². The Morgan fingerprint density at radius 2 is 1.93 bits per heavy atom. The molecule has 15 heavy (non-hydrogen) atoms. The van der Waals surface area contributed by atoms with E-state index in [4.69, 9.17) is 0 Å². The zero-order valence-electron chi connectivity index (χ0n) is 9.52. The van der Waals surface area contributed by atoms with Crippen molar-refractivity contribution in [1.29, 1.82) is 0 Å². The molecule has 0 aromatic heterocycles. The fourth-order valence-electron chi connectivity index (χ4n) is 1.39. The molecule has 0 saturated carbocycles. The number of halogens is 1. The third kappa shape index (κ3) is 2.55. The minimum absolute atomic E-state index is 0.194. The van der Waals surface area contributed by atoms with Crippen LogP contribution in [0.4, 0.5) is 4.39 Å². The average Bonchev–Trinajstić information content (AvgIpc) is 2.15. The fraction of sp³-hybridized carbons (Fsp3) is 0.417. The first-order chi connectivity index (χ1) is 6.86. The molecule has 0 saturated heterocycles. The van der Waals surface area contributed by atoms with Crippen LogP contribution in [0.2, 0.25) is 0 Å². The Hall–Kier alpha value is -1.38. The van der Waals surface area contributed by atoms with Crippen LogP contribution in [0.15, 0.2) is 18.2 Å². The standard InChI is InChI=1S/C12H16FNO/c1-12(2,3)9-7-8(11(15)14-4)5-6-10(9)13/h5-7H,1-4H3,(H,14,15). The van der Waals surface area contributed by atoms with Crippen molar-refractivity contribution in [3.05, 3.63) is 35.1 Å². The highest BCUT2D eigenvalue weighted by atomic mass is 19.1. The van der Waals surface area contributed by atoms with Crippen molar-refractivity contribution >= 4 is 5.91 Å². The summed E-state index contributed by atoms with van der Waals surface area (Å²) in [7, 11) is 1.56. The predicted octanol–water partition coefficient (Wildman–Crippen LogP) is 2.48. The van der Waals surface area contributed by atoms with Gasteiger partial charge in [-0.1, -0.05) is 20.8 Å². The Bertz CT molecular complexity index is 380. The minimum Gasteiger partial charge on any atom is -0.355 e. The van der Waals surface area contributed by atoms with Crippen molar-refractivity contribution in [2.45, 2.75) is 26.2 Å². The van der Waals surface area contributed by atoms with Crippen molar-refractivity contribution < 1.29 is 9.18 Å². The van der Waals surface area contributed by atoms with Gasteiger partial charge in [0.05, 0.1) is 0 Å². The van der Waals surface area contributed by atoms with Crippen LogP contribution in [0, 0.1) is 5.82 Å². The van der Waals surface area contributed by atoms with Crippen LogP contribution in [0.3, 0.4) is 0 Å². The van der Waals surface area contributed by atoms with Gasteiger partial charge in [-0.15, -0.1) is 0 Å². The van der Waals surface area contributed by atoms with Gasteiger partial charge in [-0.25, -0.2) is 4.39 Å². The maximum absolute atomic E-state index is 13.5. The molecule has 3 heteroatoms. The number of benzene rings is 1. The van der Waals surface area contributed by atoms with Gasteiger partial charge in [0.15, 0.2) is 0 Å². The van der Waals surface area contributed by atoms with Crippen LogP contribution in [0.5, 0.6) is 0 Å². The van der Waals surface area contributed by atoms with E-state index in [1.165, 1.54) is 12.1 Å². The molecule has 0 aliphatic rings. The van der Waals surface area contributed by atoms with Gasteiger partial charge < -0.3 is 5.32 Å². The summed E-state index contributed by atoms with van der Waals surface area (Å²) in [5.74, 6) is -0.462. The lowest BCUT2D eigenvalue weighted by Gasteiger charge is -2.20. The smallest absolute Gasteiger partial charge is 0.251 e. The summed E-state index contributed by atoms with van der Waals surface area (Å²) in [6.07, 6.45) is 0. The summed E-state index contributed by atoms with van der Waals surface area (Å²) in [5.41, 5.74) is 0.751. The molecule has 1 N–H and O–H groups in total. The van der Waals surface area contributed by atoms with Crippen molar-refractivity contribution in [3.8, 4) is 0 Å². The number of nitrogens with one attached hydrogen (secondary N) is 1. The largest absolute Gasteiger partial charge is 0.355 e. The van der Waals surface area contributed by atoms with Gasteiger partial charge in [0.25, 0.3) is 5.91 Å². The average molecular weight is 209 g/mol. The normalized spacial score (nSPS) is 11.3. The summed E-state index contributed by atoms with van der Waals surface area (Å²) in [6, 6.07) is 4.43. The van der Waals surface area contributed by atoms with E-state index in [2.05, 4.69) is 5.32 Å². The number of rotatable bonds is 1.